The lowest BCUT2D eigenvalue weighted by atomic mass is 10.1. The van der Waals surface area contributed by atoms with Crippen LogP contribution in [0.25, 0.3) is 0 Å². The minimum absolute atomic E-state index is 0.475. The molecule has 3 rings (SSSR count). The third-order valence-corrected chi connectivity index (χ3v) is 3.70. The predicted octanol–water partition coefficient (Wildman–Crippen LogP) is 3.81. The Bertz CT molecular complexity index is 866. The zero-order chi connectivity index (χ0) is 16.8. The molecule has 0 saturated heterocycles. The first-order valence-corrected chi connectivity index (χ1v) is 8.14. The van der Waals surface area contributed by atoms with E-state index >= 15 is 0 Å². The molecule has 0 amide bonds. The van der Waals surface area contributed by atoms with Gasteiger partial charge in [0.05, 0.1) is 12.8 Å². The van der Waals surface area contributed by atoms with Crippen LogP contribution < -0.4 is 4.74 Å². The molecule has 5 nitrogen and oxygen atoms in total. The molecule has 0 fully saturated rings. The van der Waals surface area contributed by atoms with Gasteiger partial charge in [-0.25, -0.2) is 0 Å². The second-order valence-electron chi connectivity index (χ2n) is 5.17. The van der Waals surface area contributed by atoms with Gasteiger partial charge in [0.1, 0.15) is 5.75 Å². The van der Waals surface area contributed by atoms with Gasteiger partial charge in [-0.15, -0.1) is 0 Å². The summed E-state index contributed by atoms with van der Waals surface area (Å²) in [5.41, 5.74) is 2.12. The van der Waals surface area contributed by atoms with Gasteiger partial charge in [0.15, 0.2) is 5.82 Å². The molecule has 0 aliphatic carbocycles. The van der Waals surface area contributed by atoms with Gasteiger partial charge in [0.25, 0.3) is 0 Å². The van der Waals surface area contributed by atoms with Gasteiger partial charge in [0.2, 0.25) is 4.77 Å². The summed E-state index contributed by atoms with van der Waals surface area (Å²) in [5, 5.41) is 11.5. The molecule has 1 N–H and O–H groups in total. The minimum Gasteiger partial charge on any atom is -0.494 e. The van der Waals surface area contributed by atoms with Crippen molar-refractivity contribution >= 4 is 18.4 Å². The van der Waals surface area contributed by atoms with E-state index in [9.17, 15) is 0 Å². The first kappa shape index (κ1) is 16.1. The summed E-state index contributed by atoms with van der Waals surface area (Å²) in [6, 6.07) is 17.9. The standard InChI is InChI=1S/C18H18N4OS/c1-2-23-16-10-8-15(9-11-16)13-19-22-17(20-21-18(22)24)12-14-6-4-3-5-7-14/h3-11,13H,2,12H2,1H3,(H,21,24)/b19-13+. The van der Waals surface area contributed by atoms with Crippen LogP contribution >= 0.6 is 12.2 Å². The quantitative estimate of drug-likeness (QED) is 0.549. The monoisotopic (exact) mass is 338 g/mol. The Balaban J connectivity index is 1.79. The molecule has 122 valence electrons. The largest absolute Gasteiger partial charge is 0.494 e. The van der Waals surface area contributed by atoms with E-state index in [-0.39, 0.29) is 0 Å². The van der Waals surface area contributed by atoms with Gasteiger partial charge in [0, 0.05) is 6.42 Å². The highest BCUT2D eigenvalue weighted by Crippen LogP contribution is 2.11. The van der Waals surface area contributed by atoms with E-state index in [1.165, 1.54) is 0 Å². The summed E-state index contributed by atoms with van der Waals surface area (Å²) in [4.78, 5) is 0. The van der Waals surface area contributed by atoms with Crippen LogP contribution in [0, 0.1) is 4.77 Å². The third-order valence-electron chi connectivity index (χ3n) is 3.44. The molecule has 3 aromatic rings. The van der Waals surface area contributed by atoms with Crippen LogP contribution in [0.15, 0.2) is 59.7 Å². The summed E-state index contributed by atoms with van der Waals surface area (Å²) in [6.45, 7) is 2.62. The molecule has 0 aliphatic rings. The lowest BCUT2D eigenvalue weighted by molar-refractivity contribution is 0.340. The Labute approximate surface area is 145 Å². The fraction of sp³-hybridized carbons (Fsp3) is 0.167. The van der Waals surface area contributed by atoms with Gasteiger partial charge in [-0.05, 0) is 54.5 Å². The predicted molar refractivity (Wildman–Crippen MR) is 97.3 cm³/mol. The van der Waals surface area contributed by atoms with Gasteiger partial charge in [-0.1, -0.05) is 30.3 Å². The molecular weight excluding hydrogens is 320 g/mol. The summed E-state index contributed by atoms with van der Waals surface area (Å²) in [7, 11) is 0. The van der Waals surface area contributed by atoms with Crippen LogP contribution in [0.1, 0.15) is 23.9 Å². The van der Waals surface area contributed by atoms with Crippen molar-refractivity contribution in [3.8, 4) is 5.75 Å². The van der Waals surface area contributed by atoms with Gasteiger partial charge < -0.3 is 4.74 Å². The normalized spacial score (nSPS) is 11.0. The molecule has 0 atom stereocenters. The van der Waals surface area contributed by atoms with Gasteiger partial charge in [-0.2, -0.15) is 14.9 Å². The summed E-state index contributed by atoms with van der Waals surface area (Å²) in [6.07, 6.45) is 2.42. The van der Waals surface area contributed by atoms with Crippen LogP contribution in [-0.2, 0) is 6.42 Å². The molecule has 0 radical (unpaired) electrons. The maximum atomic E-state index is 5.43. The van der Waals surface area contributed by atoms with E-state index in [1.807, 2.05) is 49.4 Å². The molecule has 0 bridgehead atoms. The topological polar surface area (TPSA) is 55.2 Å². The van der Waals surface area contributed by atoms with E-state index in [0.29, 0.717) is 17.8 Å². The highest BCUT2D eigenvalue weighted by Gasteiger charge is 2.06. The Kier molecular flexibility index (Phi) is 5.18. The minimum atomic E-state index is 0.475. The van der Waals surface area contributed by atoms with E-state index in [2.05, 4.69) is 27.4 Å². The number of benzene rings is 2. The lowest BCUT2D eigenvalue weighted by Gasteiger charge is -2.03. The zero-order valence-corrected chi connectivity index (χ0v) is 14.2. The summed E-state index contributed by atoms with van der Waals surface area (Å²) in [5.74, 6) is 1.62. The first-order chi connectivity index (χ1) is 11.8. The fourth-order valence-corrected chi connectivity index (χ4v) is 2.48. The number of hydrogen-bond donors (Lipinski definition) is 1. The first-order valence-electron chi connectivity index (χ1n) is 7.73. The van der Waals surface area contributed by atoms with Crippen LogP contribution in [0.5, 0.6) is 5.75 Å². The molecule has 1 heterocycles. The number of ether oxygens (including phenoxy) is 1. The summed E-state index contributed by atoms with van der Waals surface area (Å²) < 4.78 is 7.56. The Morgan fingerprint density at radius 2 is 1.92 bits per heavy atom. The van der Waals surface area contributed by atoms with E-state index in [1.54, 1.807) is 10.9 Å². The van der Waals surface area contributed by atoms with Crippen molar-refractivity contribution in [3.05, 3.63) is 76.3 Å². The Morgan fingerprint density at radius 1 is 1.17 bits per heavy atom. The van der Waals surface area contributed by atoms with Crippen molar-refractivity contribution in [1.82, 2.24) is 14.9 Å². The molecule has 24 heavy (non-hydrogen) atoms. The van der Waals surface area contributed by atoms with Crippen molar-refractivity contribution < 1.29 is 4.74 Å². The van der Waals surface area contributed by atoms with Crippen LogP contribution in [0.3, 0.4) is 0 Å². The van der Waals surface area contributed by atoms with Crippen molar-refractivity contribution in [3.63, 3.8) is 0 Å². The van der Waals surface area contributed by atoms with Crippen molar-refractivity contribution in [1.29, 1.82) is 0 Å². The average Bonchev–Trinajstić information content (AvgIpc) is 2.95. The molecule has 0 saturated carbocycles. The fourth-order valence-electron chi connectivity index (χ4n) is 2.28. The zero-order valence-electron chi connectivity index (χ0n) is 13.3. The number of aromatic nitrogens is 3. The van der Waals surface area contributed by atoms with Crippen molar-refractivity contribution in [2.45, 2.75) is 13.3 Å². The Hall–Kier alpha value is -2.73. The smallest absolute Gasteiger partial charge is 0.216 e. The third kappa shape index (κ3) is 3.97. The lowest BCUT2D eigenvalue weighted by Crippen LogP contribution is -2.00. The molecule has 0 spiro atoms. The maximum Gasteiger partial charge on any atom is 0.216 e. The maximum absolute atomic E-state index is 5.43. The van der Waals surface area contributed by atoms with Crippen molar-refractivity contribution in [2.24, 2.45) is 5.10 Å². The Morgan fingerprint density at radius 3 is 2.62 bits per heavy atom. The molecule has 1 aromatic heterocycles. The summed E-state index contributed by atoms with van der Waals surface area (Å²) >= 11 is 5.27. The number of nitrogens with one attached hydrogen (secondary N) is 1. The van der Waals surface area contributed by atoms with Gasteiger partial charge in [-0.3, -0.25) is 5.10 Å². The van der Waals surface area contributed by atoms with Crippen LogP contribution in [-0.4, -0.2) is 27.7 Å². The second kappa shape index (κ2) is 7.70. The SMILES string of the molecule is CCOc1ccc(/C=N/n2c(Cc3ccccc3)n[nH]c2=S)cc1. The number of hydrogen-bond acceptors (Lipinski definition) is 4. The number of rotatable bonds is 6. The highest BCUT2D eigenvalue weighted by atomic mass is 32.1. The number of nitrogens with zero attached hydrogens (tertiary/aromatic N) is 3. The van der Waals surface area contributed by atoms with Gasteiger partial charge >= 0.3 is 0 Å². The van der Waals surface area contributed by atoms with Crippen LogP contribution in [0.2, 0.25) is 0 Å². The molecule has 0 aliphatic heterocycles. The average molecular weight is 338 g/mol. The second-order valence-corrected chi connectivity index (χ2v) is 5.55. The van der Waals surface area contributed by atoms with E-state index < -0.39 is 0 Å². The molecule has 0 unspecified atom stereocenters. The van der Waals surface area contributed by atoms with E-state index in [0.717, 1.165) is 22.7 Å². The number of H-pyrrole nitrogens is 1. The molecular formula is C18H18N4OS. The molecule has 2 aromatic carbocycles. The van der Waals surface area contributed by atoms with Crippen LogP contribution in [0.4, 0.5) is 0 Å². The van der Waals surface area contributed by atoms with Crippen molar-refractivity contribution in [2.75, 3.05) is 6.61 Å². The molecule has 6 heteroatoms. The highest BCUT2D eigenvalue weighted by molar-refractivity contribution is 7.71. The van der Waals surface area contributed by atoms with E-state index in [4.69, 9.17) is 17.0 Å². The number of aromatic amines is 1.